The van der Waals surface area contributed by atoms with Crippen LogP contribution in [0.4, 0.5) is 0 Å². The highest BCUT2D eigenvalue weighted by Gasteiger charge is 2.09. The number of piperazine rings is 1. The molecule has 0 aromatic carbocycles. The van der Waals surface area contributed by atoms with Crippen LogP contribution in [0.15, 0.2) is 0 Å². The molecular weight excluding hydrogens is 187 g/mol. The predicted octanol–water partition coefficient (Wildman–Crippen LogP) is -0.226. The summed E-state index contributed by atoms with van der Waals surface area (Å²) in [6, 6.07) is 0.490. The van der Waals surface area contributed by atoms with Crippen LogP contribution in [0.2, 0.25) is 0 Å². The number of aliphatic hydroxyl groups excluding tert-OH is 1. The maximum absolute atomic E-state index is 8.55. The van der Waals surface area contributed by atoms with Gasteiger partial charge in [-0.3, -0.25) is 0 Å². The van der Waals surface area contributed by atoms with Crippen LogP contribution in [0.25, 0.3) is 0 Å². The van der Waals surface area contributed by atoms with Gasteiger partial charge in [0.25, 0.3) is 0 Å². The monoisotopic (exact) mass is 202 g/mol. The van der Waals surface area contributed by atoms with Crippen molar-refractivity contribution >= 4 is 24.8 Å². The maximum atomic E-state index is 8.55. The molecule has 0 aromatic heterocycles. The molecule has 0 aliphatic carbocycles. The van der Waals surface area contributed by atoms with Crippen molar-refractivity contribution in [2.45, 2.75) is 12.5 Å². The molecule has 70 valence electrons. The predicted molar refractivity (Wildman–Crippen MR) is 50.9 cm³/mol. The van der Waals surface area contributed by atoms with E-state index in [1.165, 1.54) is 0 Å². The van der Waals surface area contributed by atoms with E-state index < -0.39 is 0 Å². The second kappa shape index (κ2) is 8.56. The molecule has 3 nitrogen and oxygen atoms in total. The lowest BCUT2D eigenvalue weighted by Gasteiger charge is -2.23. The highest BCUT2D eigenvalue weighted by atomic mass is 35.5. The molecule has 0 aromatic rings. The van der Waals surface area contributed by atoms with Crippen LogP contribution in [0.3, 0.4) is 0 Å². The van der Waals surface area contributed by atoms with Crippen molar-refractivity contribution in [1.82, 2.24) is 10.6 Å². The lowest BCUT2D eigenvalue weighted by molar-refractivity contribution is 0.255. The van der Waals surface area contributed by atoms with E-state index in [2.05, 4.69) is 10.6 Å². The van der Waals surface area contributed by atoms with Gasteiger partial charge in [0.15, 0.2) is 0 Å². The van der Waals surface area contributed by atoms with Crippen LogP contribution >= 0.6 is 24.8 Å². The van der Waals surface area contributed by atoms with E-state index in [0.29, 0.717) is 12.6 Å². The Labute approximate surface area is 79.8 Å². The first kappa shape index (κ1) is 14.0. The Bertz CT molecular complexity index is 76.2. The normalized spacial score (nSPS) is 23.2. The largest absolute Gasteiger partial charge is 0.396 e. The number of hydrogen-bond donors (Lipinski definition) is 3. The van der Waals surface area contributed by atoms with Crippen LogP contribution in [0, 0.1) is 0 Å². The number of nitrogens with one attached hydrogen (secondary N) is 2. The third kappa shape index (κ3) is 5.70. The molecule has 0 bridgehead atoms. The minimum Gasteiger partial charge on any atom is -0.396 e. The summed E-state index contributed by atoms with van der Waals surface area (Å²) < 4.78 is 0. The fourth-order valence-corrected chi connectivity index (χ4v) is 1.07. The summed E-state index contributed by atoms with van der Waals surface area (Å²) in [6.45, 7) is 3.38. The second-order valence-corrected chi connectivity index (χ2v) is 2.37. The van der Waals surface area contributed by atoms with Gasteiger partial charge >= 0.3 is 0 Å². The minimum absolute atomic E-state index is 0. The quantitative estimate of drug-likeness (QED) is 0.581. The first-order chi connectivity index (χ1) is 4.43. The van der Waals surface area contributed by atoms with Gasteiger partial charge in [-0.25, -0.2) is 0 Å². The van der Waals surface area contributed by atoms with Crippen LogP contribution in [0.5, 0.6) is 0 Å². The van der Waals surface area contributed by atoms with Gasteiger partial charge in [-0.2, -0.15) is 0 Å². The zero-order valence-corrected chi connectivity index (χ0v) is 8.01. The molecule has 0 amide bonds. The van der Waals surface area contributed by atoms with E-state index in [1.54, 1.807) is 0 Å². The molecule has 3 N–H and O–H groups in total. The molecule has 1 heterocycles. The molecular formula is C6H16Cl2N2O. The number of aliphatic hydroxyl groups is 1. The lowest BCUT2D eigenvalue weighted by atomic mass is 10.2. The Morgan fingerprint density at radius 2 is 2.00 bits per heavy atom. The molecule has 1 aliphatic heterocycles. The first-order valence-corrected chi connectivity index (χ1v) is 3.48. The molecule has 0 unspecified atom stereocenters. The molecule has 0 saturated carbocycles. The van der Waals surface area contributed by atoms with Gasteiger partial charge in [-0.05, 0) is 6.42 Å². The number of hydrogen-bond acceptors (Lipinski definition) is 3. The average Bonchev–Trinajstić information content (AvgIpc) is 1.91. The highest BCUT2D eigenvalue weighted by Crippen LogP contribution is 1.91. The Balaban J connectivity index is 0. The van der Waals surface area contributed by atoms with E-state index in [9.17, 15) is 0 Å². The van der Waals surface area contributed by atoms with Crippen molar-refractivity contribution in [3.8, 4) is 0 Å². The Hall–Kier alpha value is 0.460. The van der Waals surface area contributed by atoms with Gasteiger partial charge in [0.1, 0.15) is 0 Å². The fourth-order valence-electron chi connectivity index (χ4n) is 1.07. The molecule has 5 heteroatoms. The van der Waals surface area contributed by atoms with Gasteiger partial charge in [-0.1, -0.05) is 0 Å². The zero-order chi connectivity index (χ0) is 6.53. The summed E-state index contributed by atoms with van der Waals surface area (Å²) in [5.41, 5.74) is 0. The Morgan fingerprint density at radius 3 is 2.45 bits per heavy atom. The molecule has 0 spiro atoms. The van der Waals surface area contributed by atoms with Crippen molar-refractivity contribution in [2.75, 3.05) is 26.2 Å². The third-order valence-corrected chi connectivity index (χ3v) is 1.60. The summed E-state index contributed by atoms with van der Waals surface area (Å²) in [5, 5.41) is 15.1. The van der Waals surface area contributed by atoms with Crippen molar-refractivity contribution in [3.05, 3.63) is 0 Å². The van der Waals surface area contributed by atoms with E-state index in [0.717, 1.165) is 26.1 Å². The van der Waals surface area contributed by atoms with Crippen molar-refractivity contribution < 1.29 is 5.11 Å². The second-order valence-electron chi connectivity index (χ2n) is 2.37. The van der Waals surface area contributed by atoms with Gasteiger partial charge in [0, 0.05) is 32.3 Å². The molecule has 11 heavy (non-hydrogen) atoms. The summed E-state index contributed by atoms with van der Waals surface area (Å²) in [7, 11) is 0. The Kier molecular flexibility index (Phi) is 10.9. The van der Waals surface area contributed by atoms with Crippen molar-refractivity contribution in [3.63, 3.8) is 0 Å². The van der Waals surface area contributed by atoms with Crippen molar-refractivity contribution in [1.29, 1.82) is 0 Å². The molecule has 1 rings (SSSR count). The standard InChI is InChI=1S/C6H14N2O.2ClH/c9-4-1-6-5-7-2-3-8-6;;/h6-9H,1-5H2;2*1H/t6-;;/m0../s1. The minimum atomic E-state index is 0. The SMILES string of the molecule is Cl.Cl.OCC[C@H]1CNCCN1. The first-order valence-electron chi connectivity index (χ1n) is 3.48. The third-order valence-electron chi connectivity index (χ3n) is 1.60. The van der Waals surface area contributed by atoms with E-state index in [1.807, 2.05) is 0 Å². The summed E-state index contributed by atoms with van der Waals surface area (Å²) >= 11 is 0. The molecule has 1 saturated heterocycles. The highest BCUT2D eigenvalue weighted by molar-refractivity contribution is 5.85. The molecule has 1 aliphatic rings. The number of halogens is 2. The van der Waals surface area contributed by atoms with Gasteiger partial charge in [-0.15, -0.1) is 24.8 Å². The van der Waals surface area contributed by atoms with E-state index in [-0.39, 0.29) is 24.8 Å². The van der Waals surface area contributed by atoms with Crippen LogP contribution < -0.4 is 10.6 Å². The van der Waals surface area contributed by atoms with Gasteiger partial charge < -0.3 is 15.7 Å². The molecule has 1 fully saturated rings. The number of rotatable bonds is 2. The van der Waals surface area contributed by atoms with E-state index in [4.69, 9.17) is 5.11 Å². The summed E-state index contributed by atoms with van der Waals surface area (Å²) in [4.78, 5) is 0. The van der Waals surface area contributed by atoms with Gasteiger partial charge in [0.05, 0.1) is 0 Å². The lowest BCUT2D eigenvalue weighted by Crippen LogP contribution is -2.48. The summed E-state index contributed by atoms with van der Waals surface area (Å²) in [5.74, 6) is 0. The van der Waals surface area contributed by atoms with Crippen LogP contribution in [-0.4, -0.2) is 37.4 Å². The molecule has 0 radical (unpaired) electrons. The zero-order valence-electron chi connectivity index (χ0n) is 6.38. The van der Waals surface area contributed by atoms with Crippen LogP contribution in [0.1, 0.15) is 6.42 Å². The van der Waals surface area contributed by atoms with E-state index >= 15 is 0 Å². The molecule has 1 atom stereocenters. The van der Waals surface area contributed by atoms with Crippen LogP contribution in [-0.2, 0) is 0 Å². The summed E-state index contributed by atoms with van der Waals surface area (Å²) in [6.07, 6.45) is 0.868. The maximum Gasteiger partial charge on any atom is 0.0446 e. The van der Waals surface area contributed by atoms with Crippen molar-refractivity contribution in [2.24, 2.45) is 0 Å². The topological polar surface area (TPSA) is 44.3 Å². The Morgan fingerprint density at radius 1 is 1.27 bits per heavy atom. The smallest absolute Gasteiger partial charge is 0.0446 e. The fraction of sp³-hybridized carbons (Fsp3) is 1.00. The van der Waals surface area contributed by atoms with Gasteiger partial charge in [0.2, 0.25) is 0 Å². The average molecular weight is 203 g/mol.